The highest BCUT2D eigenvalue weighted by Crippen LogP contribution is 2.37. The van der Waals surface area contributed by atoms with E-state index in [-0.39, 0.29) is 0 Å². The molecule has 0 unspecified atom stereocenters. The first kappa shape index (κ1) is 23.8. The van der Waals surface area contributed by atoms with Crippen LogP contribution in [-0.2, 0) is 15.1 Å². The maximum absolute atomic E-state index is 13.9. The van der Waals surface area contributed by atoms with E-state index in [0.29, 0.717) is 28.3 Å². The van der Waals surface area contributed by atoms with Gasteiger partial charge >= 0.3 is 6.03 Å². The minimum atomic E-state index is -1.50. The molecule has 35 heavy (non-hydrogen) atoms. The number of urea groups is 1. The van der Waals surface area contributed by atoms with Gasteiger partial charge in [0.15, 0.2) is 5.54 Å². The molecule has 1 aliphatic rings. The normalized spacial score (nSPS) is 14.5. The second kappa shape index (κ2) is 9.50. The maximum atomic E-state index is 13.9. The van der Waals surface area contributed by atoms with E-state index < -0.39 is 29.9 Å². The summed E-state index contributed by atoms with van der Waals surface area (Å²) in [5.41, 5.74) is 2.16. The van der Waals surface area contributed by atoms with Gasteiger partial charge in [0.05, 0.1) is 14.2 Å². The lowest BCUT2D eigenvalue weighted by Gasteiger charge is -2.28. The van der Waals surface area contributed by atoms with Crippen LogP contribution in [0.15, 0.2) is 66.7 Å². The maximum Gasteiger partial charge on any atom is 0.326 e. The summed E-state index contributed by atoms with van der Waals surface area (Å²) in [5, 5.41) is 5.65. The van der Waals surface area contributed by atoms with Crippen molar-refractivity contribution >= 4 is 23.5 Å². The first-order valence-corrected chi connectivity index (χ1v) is 11.1. The van der Waals surface area contributed by atoms with Crippen molar-refractivity contribution in [2.45, 2.75) is 19.4 Å². The largest absolute Gasteiger partial charge is 0.497 e. The number of imide groups is 1. The Morgan fingerprint density at radius 3 is 1.94 bits per heavy atom. The third-order valence-electron chi connectivity index (χ3n) is 6.33. The van der Waals surface area contributed by atoms with Crippen LogP contribution in [0.25, 0.3) is 0 Å². The van der Waals surface area contributed by atoms with Gasteiger partial charge in [0.25, 0.3) is 5.91 Å². The highest BCUT2D eigenvalue weighted by molar-refractivity contribution is 6.12. The summed E-state index contributed by atoms with van der Waals surface area (Å²) in [4.78, 5) is 40.7. The summed E-state index contributed by atoms with van der Waals surface area (Å²) in [5.74, 6) is 0.205. The number of carbonyl (C=O) groups excluding carboxylic acids is 3. The van der Waals surface area contributed by atoms with Crippen LogP contribution in [0, 0.1) is 13.8 Å². The van der Waals surface area contributed by atoms with E-state index in [9.17, 15) is 14.4 Å². The lowest BCUT2D eigenvalue weighted by molar-refractivity contribution is -0.133. The molecule has 0 saturated carbocycles. The summed E-state index contributed by atoms with van der Waals surface area (Å²) in [7, 11) is 3.10. The second-order valence-corrected chi connectivity index (χ2v) is 8.32. The van der Waals surface area contributed by atoms with Gasteiger partial charge in [-0.15, -0.1) is 0 Å². The van der Waals surface area contributed by atoms with E-state index in [1.807, 2.05) is 26.0 Å². The molecule has 1 heterocycles. The first-order chi connectivity index (χ1) is 16.8. The van der Waals surface area contributed by atoms with E-state index in [1.54, 1.807) is 68.8 Å². The Kier molecular flexibility index (Phi) is 6.46. The summed E-state index contributed by atoms with van der Waals surface area (Å²) in [6, 6.07) is 18.7. The molecule has 0 spiro atoms. The molecule has 8 heteroatoms. The molecule has 0 radical (unpaired) electrons. The average molecular weight is 474 g/mol. The lowest BCUT2D eigenvalue weighted by Crippen LogP contribution is -2.45. The number of hydrogen-bond acceptors (Lipinski definition) is 5. The van der Waals surface area contributed by atoms with E-state index in [1.165, 1.54) is 0 Å². The fraction of sp³-hybridized carbons (Fsp3) is 0.222. The molecule has 4 rings (SSSR count). The fourth-order valence-electron chi connectivity index (χ4n) is 4.18. The van der Waals surface area contributed by atoms with Crippen LogP contribution in [-0.4, -0.2) is 43.5 Å². The molecule has 0 aliphatic carbocycles. The Morgan fingerprint density at radius 2 is 1.43 bits per heavy atom. The van der Waals surface area contributed by atoms with Crippen LogP contribution < -0.4 is 20.1 Å². The number of ether oxygens (including phenoxy) is 2. The molecule has 1 fully saturated rings. The number of nitrogens with one attached hydrogen (secondary N) is 2. The van der Waals surface area contributed by atoms with E-state index in [2.05, 4.69) is 10.6 Å². The van der Waals surface area contributed by atoms with Crippen molar-refractivity contribution in [3.8, 4) is 11.5 Å². The van der Waals surface area contributed by atoms with Crippen molar-refractivity contribution in [2.75, 3.05) is 26.1 Å². The van der Waals surface area contributed by atoms with Crippen molar-refractivity contribution in [1.82, 2.24) is 10.2 Å². The van der Waals surface area contributed by atoms with Crippen molar-refractivity contribution < 1.29 is 23.9 Å². The molecular weight excluding hydrogens is 446 g/mol. The SMILES string of the molecule is COc1ccc(C2(c3ccc(OC)cc3)NC(=O)N(CC(=O)Nc3cccc(C)c3C)C2=O)cc1. The van der Waals surface area contributed by atoms with Gasteiger partial charge in [0.1, 0.15) is 18.0 Å². The van der Waals surface area contributed by atoms with Crippen molar-refractivity contribution in [3.63, 3.8) is 0 Å². The molecule has 0 bridgehead atoms. The van der Waals surface area contributed by atoms with Gasteiger partial charge < -0.3 is 20.1 Å². The number of anilines is 1. The Bertz CT molecular complexity index is 1220. The predicted octanol–water partition coefficient (Wildman–Crippen LogP) is 3.75. The fourth-order valence-corrected chi connectivity index (χ4v) is 4.18. The van der Waals surface area contributed by atoms with Gasteiger partial charge in [-0.3, -0.25) is 14.5 Å². The molecule has 8 nitrogen and oxygen atoms in total. The molecule has 180 valence electrons. The van der Waals surface area contributed by atoms with E-state index in [0.717, 1.165) is 16.0 Å². The van der Waals surface area contributed by atoms with Crippen molar-refractivity contribution in [1.29, 1.82) is 0 Å². The molecule has 0 aromatic heterocycles. The van der Waals surface area contributed by atoms with Crippen LogP contribution in [0.2, 0.25) is 0 Å². The van der Waals surface area contributed by atoms with Crippen molar-refractivity contribution in [2.24, 2.45) is 0 Å². The minimum absolute atomic E-state index is 0.424. The average Bonchev–Trinajstić information content (AvgIpc) is 3.12. The summed E-state index contributed by atoms with van der Waals surface area (Å²) < 4.78 is 10.5. The smallest absolute Gasteiger partial charge is 0.326 e. The summed E-state index contributed by atoms with van der Waals surface area (Å²) in [6.45, 7) is 3.42. The van der Waals surface area contributed by atoms with Crippen molar-refractivity contribution in [3.05, 3.63) is 89.0 Å². The van der Waals surface area contributed by atoms with Crippen LogP contribution in [0.5, 0.6) is 11.5 Å². The van der Waals surface area contributed by atoms with Crippen LogP contribution in [0.3, 0.4) is 0 Å². The molecule has 2 N–H and O–H groups in total. The van der Waals surface area contributed by atoms with E-state index >= 15 is 0 Å². The molecule has 3 aromatic rings. The number of rotatable bonds is 7. The molecule has 0 atom stereocenters. The molecule has 3 aromatic carbocycles. The zero-order valence-corrected chi connectivity index (χ0v) is 20.0. The van der Waals surface area contributed by atoms with Gasteiger partial charge in [-0.1, -0.05) is 36.4 Å². The zero-order chi connectivity index (χ0) is 25.2. The van der Waals surface area contributed by atoms with E-state index in [4.69, 9.17) is 9.47 Å². The third-order valence-corrected chi connectivity index (χ3v) is 6.33. The van der Waals surface area contributed by atoms with Gasteiger partial charge in [0.2, 0.25) is 5.91 Å². The second-order valence-electron chi connectivity index (χ2n) is 8.32. The number of amides is 4. The predicted molar refractivity (Wildman–Crippen MR) is 132 cm³/mol. The highest BCUT2D eigenvalue weighted by atomic mass is 16.5. The number of hydrogen-bond donors (Lipinski definition) is 2. The number of nitrogens with zero attached hydrogens (tertiary/aromatic N) is 1. The standard InChI is InChI=1S/C27H27N3O5/c1-17-6-5-7-23(18(17)2)28-24(31)16-30-25(32)27(29-26(30)33,19-8-12-21(34-3)13-9-19)20-10-14-22(35-4)15-11-20/h5-15H,16H2,1-4H3,(H,28,31)(H,29,33). The highest BCUT2D eigenvalue weighted by Gasteiger charge is 2.54. The lowest BCUT2D eigenvalue weighted by atomic mass is 9.82. The minimum Gasteiger partial charge on any atom is -0.497 e. The first-order valence-electron chi connectivity index (χ1n) is 11.1. The number of carbonyl (C=O) groups is 3. The number of methoxy groups -OCH3 is 2. The van der Waals surface area contributed by atoms with Gasteiger partial charge in [0, 0.05) is 5.69 Å². The Labute approximate surface area is 203 Å². The Hall–Kier alpha value is -4.33. The number of benzene rings is 3. The zero-order valence-electron chi connectivity index (χ0n) is 20.0. The van der Waals surface area contributed by atoms with Crippen LogP contribution in [0.4, 0.5) is 10.5 Å². The molecule has 4 amide bonds. The summed E-state index contributed by atoms with van der Waals surface area (Å²) in [6.07, 6.45) is 0. The quantitative estimate of drug-likeness (QED) is 0.510. The number of aryl methyl sites for hydroxylation is 1. The summed E-state index contributed by atoms with van der Waals surface area (Å²) >= 11 is 0. The third kappa shape index (κ3) is 4.30. The van der Waals surface area contributed by atoms with Gasteiger partial charge in [-0.2, -0.15) is 0 Å². The van der Waals surface area contributed by atoms with Gasteiger partial charge in [-0.05, 0) is 66.4 Å². The van der Waals surface area contributed by atoms with Gasteiger partial charge in [-0.25, -0.2) is 4.79 Å². The Balaban J connectivity index is 1.68. The monoisotopic (exact) mass is 473 g/mol. The van der Waals surface area contributed by atoms with Crippen LogP contribution in [0.1, 0.15) is 22.3 Å². The van der Waals surface area contributed by atoms with Crippen LogP contribution >= 0.6 is 0 Å². The molecule has 1 saturated heterocycles. The Morgan fingerprint density at radius 1 is 0.886 bits per heavy atom. The topological polar surface area (TPSA) is 97.0 Å². The molecular formula is C27H27N3O5. The molecule has 1 aliphatic heterocycles.